The van der Waals surface area contributed by atoms with Gasteiger partial charge in [-0.15, -0.1) is 0 Å². The Hall–Kier alpha value is -3.07. The summed E-state index contributed by atoms with van der Waals surface area (Å²) in [6, 6.07) is 5.54. The fraction of sp³-hybridized carbons (Fsp3) is 0.188. The number of rotatable bonds is 6. The zero-order chi connectivity index (χ0) is 19.1. The highest BCUT2D eigenvalue weighted by Gasteiger charge is 2.15. The molecule has 1 heterocycles. The van der Waals surface area contributed by atoms with Crippen molar-refractivity contribution < 1.29 is 14.0 Å². The van der Waals surface area contributed by atoms with E-state index in [1.165, 1.54) is 12.1 Å². The third-order valence-corrected chi connectivity index (χ3v) is 3.72. The number of halogens is 2. The molecule has 0 saturated carbocycles. The predicted octanol–water partition coefficient (Wildman–Crippen LogP) is 0.878. The lowest BCUT2D eigenvalue weighted by atomic mass is 10.2. The van der Waals surface area contributed by atoms with Crippen molar-refractivity contribution in [2.45, 2.75) is 13.0 Å². The van der Waals surface area contributed by atoms with Crippen molar-refractivity contribution in [3.05, 3.63) is 52.6 Å². The summed E-state index contributed by atoms with van der Waals surface area (Å²) in [7, 11) is 0. The molecule has 0 aliphatic rings. The highest BCUT2D eigenvalue weighted by atomic mass is 35.5. The van der Waals surface area contributed by atoms with Crippen molar-refractivity contribution in [1.82, 2.24) is 10.3 Å². The summed E-state index contributed by atoms with van der Waals surface area (Å²) in [5.74, 6) is -2.46. The molecule has 7 N–H and O–H groups in total. The lowest BCUT2D eigenvalue weighted by molar-refractivity contribution is -0.136. The summed E-state index contributed by atoms with van der Waals surface area (Å²) in [4.78, 5) is 30.6. The fourth-order valence-electron chi connectivity index (χ4n) is 2.15. The zero-order valence-electron chi connectivity index (χ0n) is 13.7. The Labute approximate surface area is 153 Å². The van der Waals surface area contributed by atoms with Crippen LogP contribution in [0.25, 0.3) is 0 Å². The van der Waals surface area contributed by atoms with Crippen molar-refractivity contribution in [1.29, 1.82) is 0 Å². The van der Waals surface area contributed by atoms with E-state index in [0.29, 0.717) is 13.0 Å². The average Bonchev–Trinajstić information content (AvgIpc) is 3.03. The molecule has 0 fully saturated rings. The molecule has 10 heteroatoms. The average molecular weight is 381 g/mol. The first-order chi connectivity index (χ1) is 12.4. The number of guanidine groups is 1. The van der Waals surface area contributed by atoms with Crippen molar-refractivity contribution in [3.8, 4) is 0 Å². The van der Waals surface area contributed by atoms with Gasteiger partial charge in [-0.05, 0) is 36.2 Å². The van der Waals surface area contributed by atoms with Crippen LogP contribution in [-0.4, -0.2) is 29.3 Å². The topological polar surface area (TPSA) is 138 Å². The minimum absolute atomic E-state index is 0.00527. The summed E-state index contributed by atoms with van der Waals surface area (Å²) in [5.41, 5.74) is 12.3. The molecule has 0 unspecified atom stereocenters. The summed E-state index contributed by atoms with van der Waals surface area (Å²) >= 11 is 5.56. The van der Waals surface area contributed by atoms with Crippen LogP contribution in [0.15, 0.2) is 35.5 Å². The SMILES string of the molecule is NC(N)=NCCc1cc[nH]c1CNC(=O)C(=O)Nc1ccc(Cl)c(F)c1. The summed E-state index contributed by atoms with van der Waals surface area (Å²) in [6.45, 7) is 0.523. The Morgan fingerprint density at radius 2 is 2.00 bits per heavy atom. The number of hydrogen-bond donors (Lipinski definition) is 5. The van der Waals surface area contributed by atoms with Crippen molar-refractivity contribution in [3.63, 3.8) is 0 Å². The second-order valence-electron chi connectivity index (χ2n) is 5.30. The maximum atomic E-state index is 13.3. The maximum Gasteiger partial charge on any atom is 0.313 e. The van der Waals surface area contributed by atoms with Gasteiger partial charge in [0.15, 0.2) is 5.96 Å². The molecule has 8 nitrogen and oxygen atoms in total. The van der Waals surface area contributed by atoms with Crippen molar-refractivity contribution in [2.24, 2.45) is 16.5 Å². The van der Waals surface area contributed by atoms with E-state index in [0.717, 1.165) is 17.3 Å². The van der Waals surface area contributed by atoms with Gasteiger partial charge in [-0.2, -0.15) is 0 Å². The van der Waals surface area contributed by atoms with Crippen LogP contribution in [0.4, 0.5) is 10.1 Å². The number of aromatic nitrogens is 1. The van der Waals surface area contributed by atoms with Crippen LogP contribution in [0, 0.1) is 5.82 Å². The first-order valence-corrected chi connectivity index (χ1v) is 7.99. The smallest absolute Gasteiger partial charge is 0.313 e. The monoisotopic (exact) mass is 380 g/mol. The van der Waals surface area contributed by atoms with Gasteiger partial charge in [-0.25, -0.2) is 4.39 Å². The predicted molar refractivity (Wildman–Crippen MR) is 97.1 cm³/mol. The van der Waals surface area contributed by atoms with E-state index in [-0.39, 0.29) is 23.2 Å². The Kier molecular flexibility index (Phi) is 6.56. The van der Waals surface area contributed by atoms with Crippen LogP contribution in [0.5, 0.6) is 0 Å². The van der Waals surface area contributed by atoms with E-state index in [9.17, 15) is 14.0 Å². The third kappa shape index (κ3) is 5.49. The van der Waals surface area contributed by atoms with E-state index in [4.69, 9.17) is 23.1 Å². The Bertz CT molecular complexity index is 832. The van der Waals surface area contributed by atoms with Crippen LogP contribution in [0.1, 0.15) is 11.3 Å². The lowest BCUT2D eigenvalue weighted by Crippen LogP contribution is -2.35. The fourth-order valence-corrected chi connectivity index (χ4v) is 2.27. The minimum Gasteiger partial charge on any atom is -0.370 e. The number of anilines is 1. The number of H-pyrrole nitrogens is 1. The van der Waals surface area contributed by atoms with Crippen LogP contribution < -0.4 is 22.1 Å². The molecule has 1 aromatic heterocycles. The molecule has 0 bridgehead atoms. The molecular weight excluding hydrogens is 363 g/mol. The standard InChI is InChI=1S/C16H18ClFN6O2/c17-11-2-1-10(7-12(11)18)24-15(26)14(25)23-8-13-9(3-5-21-13)4-6-22-16(19)20/h1-3,5,7,21H,4,6,8H2,(H,23,25)(H,24,26)(H4,19,20,22). The molecule has 0 radical (unpaired) electrons. The number of carbonyl (C=O) groups excluding carboxylic acids is 2. The molecule has 138 valence electrons. The summed E-state index contributed by atoms with van der Waals surface area (Å²) in [5, 5.41) is 4.70. The van der Waals surface area contributed by atoms with Crippen LogP contribution in [-0.2, 0) is 22.6 Å². The van der Waals surface area contributed by atoms with Gasteiger partial charge in [0.1, 0.15) is 5.82 Å². The van der Waals surface area contributed by atoms with E-state index in [2.05, 4.69) is 20.6 Å². The van der Waals surface area contributed by atoms with Crippen molar-refractivity contribution in [2.75, 3.05) is 11.9 Å². The van der Waals surface area contributed by atoms with Crippen LogP contribution in [0.2, 0.25) is 5.02 Å². The number of benzene rings is 1. The van der Waals surface area contributed by atoms with Crippen LogP contribution in [0.3, 0.4) is 0 Å². The Morgan fingerprint density at radius 1 is 1.23 bits per heavy atom. The minimum atomic E-state index is -0.916. The number of hydrogen-bond acceptors (Lipinski definition) is 3. The summed E-state index contributed by atoms with van der Waals surface area (Å²) < 4.78 is 13.3. The largest absolute Gasteiger partial charge is 0.370 e. The normalized spacial score (nSPS) is 10.2. The molecule has 0 saturated heterocycles. The first kappa shape index (κ1) is 19.3. The van der Waals surface area contributed by atoms with E-state index >= 15 is 0 Å². The molecule has 1 aromatic carbocycles. The number of nitrogens with zero attached hydrogens (tertiary/aromatic N) is 1. The Balaban J connectivity index is 1.88. The number of aromatic amines is 1. The van der Waals surface area contributed by atoms with Gasteiger partial charge in [0.2, 0.25) is 0 Å². The van der Waals surface area contributed by atoms with Gasteiger partial charge in [-0.1, -0.05) is 11.6 Å². The molecule has 0 spiro atoms. The number of nitrogens with two attached hydrogens (primary N) is 2. The van der Waals surface area contributed by atoms with Gasteiger partial charge < -0.3 is 27.1 Å². The Morgan fingerprint density at radius 3 is 2.69 bits per heavy atom. The number of carbonyl (C=O) groups is 2. The van der Waals surface area contributed by atoms with E-state index in [1.54, 1.807) is 6.20 Å². The molecular formula is C16H18ClFN6O2. The molecule has 0 atom stereocenters. The van der Waals surface area contributed by atoms with Gasteiger partial charge in [-0.3, -0.25) is 14.6 Å². The van der Waals surface area contributed by atoms with E-state index < -0.39 is 17.6 Å². The quantitative estimate of drug-likeness (QED) is 0.288. The highest BCUT2D eigenvalue weighted by Crippen LogP contribution is 2.18. The molecule has 2 rings (SSSR count). The second-order valence-corrected chi connectivity index (χ2v) is 5.71. The lowest BCUT2D eigenvalue weighted by Gasteiger charge is -2.08. The molecule has 0 aliphatic carbocycles. The van der Waals surface area contributed by atoms with Gasteiger partial charge in [0.25, 0.3) is 0 Å². The molecule has 2 aromatic rings. The molecule has 26 heavy (non-hydrogen) atoms. The molecule has 0 aliphatic heterocycles. The van der Waals surface area contributed by atoms with E-state index in [1.807, 2.05) is 6.07 Å². The maximum absolute atomic E-state index is 13.3. The molecule has 2 amide bonds. The first-order valence-electron chi connectivity index (χ1n) is 7.61. The summed E-state index contributed by atoms with van der Waals surface area (Å²) in [6.07, 6.45) is 2.28. The number of amides is 2. The second kappa shape index (κ2) is 8.86. The zero-order valence-corrected chi connectivity index (χ0v) is 14.4. The van der Waals surface area contributed by atoms with Crippen molar-refractivity contribution >= 4 is 35.1 Å². The van der Waals surface area contributed by atoms with Gasteiger partial charge >= 0.3 is 11.8 Å². The highest BCUT2D eigenvalue weighted by molar-refractivity contribution is 6.39. The van der Waals surface area contributed by atoms with Gasteiger partial charge in [0.05, 0.1) is 11.6 Å². The third-order valence-electron chi connectivity index (χ3n) is 3.41. The van der Waals surface area contributed by atoms with Gasteiger partial charge in [0, 0.05) is 24.1 Å². The number of nitrogens with one attached hydrogen (secondary N) is 3. The number of aliphatic imine (C=N–C) groups is 1. The van der Waals surface area contributed by atoms with Crippen LogP contribution >= 0.6 is 11.6 Å².